The Morgan fingerprint density at radius 1 is 1.62 bits per heavy atom. The van der Waals surface area contributed by atoms with Crippen molar-refractivity contribution in [2.24, 2.45) is 5.41 Å². The van der Waals surface area contributed by atoms with Gasteiger partial charge in [-0.05, 0) is 30.4 Å². The maximum atomic E-state index is 11.3. The highest BCUT2D eigenvalue weighted by Crippen LogP contribution is 2.44. The third kappa shape index (κ3) is 2.51. The van der Waals surface area contributed by atoms with Crippen LogP contribution in [0, 0.1) is 5.41 Å². The molecule has 0 saturated heterocycles. The maximum Gasteiger partial charge on any atom is 0.338 e. The second kappa shape index (κ2) is 4.12. The van der Waals surface area contributed by atoms with Gasteiger partial charge in [0, 0.05) is 12.7 Å². The number of hydrogen-bond acceptors (Lipinski definition) is 4. The number of methoxy groups -OCH3 is 1. The van der Waals surface area contributed by atoms with Gasteiger partial charge in [-0.1, -0.05) is 6.92 Å². The zero-order valence-corrected chi connectivity index (χ0v) is 9.62. The number of anilines is 1. The first-order valence-corrected chi connectivity index (χ1v) is 5.41. The lowest BCUT2D eigenvalue weighted by molar-refractivity contribution is 0.0600. The van der Waals surface area contributed by atoms with Crippen LogP contribution in [0.15, 0.2) is 18.3 Å². The topological polar surface area (TPSA) is 51.2 Å². The maximum absolute atomic E-state index is 11.3. The Kier molecular flexibility index (Phi) is 2.81. The van der Waals surface area contributed by atoms with Crippen LogP contribution >= 0.6 is 0 Å². The first-order valence-electron chi connectivity index (χ1n) is 5.41. The third-order valence-corrected chi connectivity index (χ3v) is 2.98. The van der Waals surface area contributed by atoms with Crippen molar-refractivity contribution in [3.05, 3.63) is 23.9 Å². The number of pyridine rings is 1. The molecule has 0 amide bonds. The van der Waals surface area contributed by atoms with E-state index in [9.17, 15) is 4.79 Å². The monoisotopic (exact) mass is 220 g/mol. The number of ether oxygens (including phenoxy) is 1. The lowest BCUT2D eigenvalue weighted by Gasteiger charge is -2.10. The van der Waals surface area contributed by atoms with Gasteiger partial charge in [-0.3, -0.25) is 0 Å². The minimum atomic E-state index is -0.330. The van der Waals surface area contributed by atoms with Crippen LogP contribution in [-0.4, -0.2) is 24.6 Å². The SMILES string of the molecule is COC(=O)c1ccnc(NCC2(C)CC2)c1. The molecule has 0 atom stereocenters. The normalized spacial score (nSPS) is 16.6. The zero-order valence-electron chi connectivity index (χ0n) is 9.62. The lowest BCUT2D eigenvalue weighted by Crippen LogP contribution is -2.13. The average Bonchev–Trinajstić information content (AvgIpc) is 3.05. The summed E-state index contributed by atoms with van der Waals surface area (Å²) in [5.41, 5.74) is 0.948. The second-order valence-electron chi connectivity index (χ2n) is 4.59. The summed E-state index contributed by atoms with van der Waals surface area (Å²) < 4.78 is 4.65. The Morgan fingerprint density at radius 2 is 2.38 bits per heavy atom. The van der Waals surface area contributed by atoms with E-state index in [4.69, 9.17) is 0 Å². The van der Waals surface area contributed by atoms with Crippen LogP contribution in [0.4, 0.5) is 5.82 Å². The molecule has 0 radical (unpaired) electrons. The first kappa shape index (κ1) is 10.9. The molecule has 1 N–H and O–H groups in total. The van der Waals surface area contributed by atoms with Crippen molar-refractivity contribution >= 4 is 11.8 Å². The van der Waals surface area contributed by atoms with E-state index in [2.05, 4.69) is 22.0 Å². The molecule has 0 spiro atoms. The van der Waals surface area contributed by atoms with Crippen molar-refractivity contribution in [2.75, 3.05) is 19.0 Å². The van der Waals surface area contributed by atoms with Gasteiger partial charge < -0.3 is 10.1 Å². The number of aromatic nitrogens is 1. The first-order chi connectivity index (χ1) is 7.63. The van der Waals surface area contributed by atoms with E-state index in [1.54, 1.807) is 18.3 Å². The molecule has 1 aliphatic carbocycles. The van der Waals surface area contributed by atoms with Gasteiger partial charge in [-0.15, -0.1) is 0 Å². The number of nitrogens with zero attached hydrogens (tertiary/aromatic N) is 1. The predicted molar refractivity (Wildman–Crippen MR) is 61.4 cm³/mol. The molecular formula is C12H16N2O2. The largest absolute Gasteiger partial charge is 0.465 e. The zero-order chi connectivity index (χ0) is 11.6. The predicted octanol–water partition coefficient (Wildman–Crippen LogP) is 2.08. The Bertz CT molecular complexity index is 400. The highest BCUT2D eigenvalue weighted by Gasteiger charge is 2.36. The van der Waals surface area contributed by atoms with Gasteiger partial charge in [0.05, 0.1) is 12.7 Å². The van der Waals surface area contributed by atoms with Crippen molar-refractivity contribution in [3.63, 3.8) is 0 Å². The summed E-state index contributed by atoms with van der Waals surface area (Å²) in [5, 5.41) is 3.25. The highest BCUT2D eigenvalue weighted by molar-refractivity contribution is 5.89. The van der Waals surface area contributed by atoms with E-state index in [1.165, 1.54) is 20.0 Å². The third-order valence-electron chi connectivity index (χ3n) is 2.98. The van der Waals surface area contributed by atoms with E-state index in [1.807, 2.05) is 0 Å². The van der Waals surface area contributed by atoms with Gasteiger partial charge in [0.1, 0.15) is 5.82 Å². The molecule has 1 aromatic heterocycles. The van der Waals surface area contributed by atoms with Gasteiger partial charge in [0.15, 0.2) is 0 Å². The molecule has 1 aromatic rings. The summed E-state index contributed by atoms with van der Waals surface area (Å²) >= 11 is 0. The summed E-state index contributed by atoms with van der Waals surface area (Å²) in [6.45, 7) is 3.15. The van der Waals surface area contributed by atoms with Gasteiger partial charge in [0.2, 0.25) is 0 Å². The Labute approximate surface area is 95.0 Å². The van der Waals surface area contributed by atoms with Crippen LogP contribution < -0.4 is 5.32 Å². The number of hydrogen-bond donors (Lipinski definition) is 1. The molecule has 4 heteroatoms. The van der Waals surface area contributed by atoms with E-state index >= 15 is 0 Å². The van der Waals surface area contributed by atoms with Crippen LogP contribution in [0.1, 0.15) is 30.1 Å². The van der Waals surface area contributed by atoms with Gasteiger partial charge in [-0.2, -0.15) is 0 Å². The summed E-state index contributed by atoms with van der Waals surface area (Å²) in [6.07, 6.45) is 4.14. The fourth-order valence-corrected chi connectivity index (χ4v) is 1.47. The average molecular weight is 220 g/mol. The molecular weight excluding hydrogens is 204 g/mol. The molecule has 16 heavy (non-hydrogen) atoms. The van der Waals surface area contributed by atoms with Crippen LogP contribution in [0.3, 0.4) is 0 Å². The van der Waals surface area contributed by atoms with Crippen LogP contribution in [0.2, 0.25) is 0 Å². The van der Waals surface area contributed by atoms with Crippen molar-refractivity contribution in [1.82, 2.24) is 4.98 Å². The fraction of sp³-hybridized carbons (Fsp3) is 0.500. The van der Waals surface area contributed by atoms with E-state index < -0.39 is 0 Å². The molecule has 4 nitrogen and oxygen atoms in total. The van der Waals surface area contributed by atoms with Gasteiger partial charge >= 0.3 is 5.97 Å². The Morgan fingerprint density at radius 3 is 3.00 bits per heavy atom. The van der Waals surface area contributed by atoms with Crippen molar-refractivity contribution in [1.29, 1.82) is 0 Å². The fourth-order valence-electron chi connectivity index (χ4n) is 1.47. The molecule has 0 bridgehead atoms. The molecule has 86 valence electrons. The Balaban J connectivity index is 2.01. The molecule has 1 saturated carbocycles. The minimum absolute atomic E-state index is 0.330. The van der Waals surface area contributed by atoms with Crippen molar-refractivity contribution in [2.45, 2.75) is 19.8 Å². The molecule has 1 heterocycles. The summed E-state index contributed by atoms with van der Waals surface area (Å²) in [6, 6.07) is 3.37. The molecule has 0 aliphatic heterocycles. The van der Waals surface area contributed by atoms with Crippen molar-refractivity contribution < 1.29 is 9.53 Å². The number of rotatable bonds is 4. The number of carbonyl (C=O) groups excluding carboxylic acids is 1. The Hall–Kier alpha value is -1.58. The smallest absolute Gasteiger partial charge is 0.338 e. The lowest BCUT2D eigenvalue weighted by atomic mass is 10.1. The molecule has 0 unspecified atom stereocenters. The standard InChI is InChI=1S/C12H16N2O2/c1-12(4-5-12)8-14-10-7-9(3-6-13-10)11(15)16-2/h3,6-7H,4-5,8H2,1-2H3,(H,13,14). The summed E-state index contributed by atoms with van der Waals surface area (Å²) in [4.78, 5) is 15.5. The van der Waals surface area contributed by atoms with E-state index in [-0.39, 0.29) is 5.97 Å². The highest BCUT2D eigenvalue weighted by atomic mass is 16.5. The molecule has 1 fully saturated rings. The summed E-state index contributed by atoms with van der Waals surface area (Å²) in [7, 11) is 1.38. The van der Waals surface area contributed by atoms with E-state index in [0.29, 0.717) is 11.0 Å². The van der Waals surface area contributed by atoms with Crippen LogP contribution in [0.5, 0.6) is 0 Å². The molecule has 0 aromatic carbocycles. The second-order valence-corrected chi connectivity index (χ2v) is 4.59. The molecule has 1 aliphatic rings. The van der Waals surface area contributed by atoms with Gasteiger partial charge in [0.25, 0.3) is 0 Å². The van der Waals surface area contributed by atoms with Crippen LogP contribution in [-0.2, 0) is 4.74 Å². The van der Waals surface area contributed by atoms with Crippen LogP contribution in [0.25, 0.3) is 0 Å². The van der Waals surface area contributed by atoms with Crippen molar-refractivity contribution in [3.8, 4) is 0 Å². The number of carbonyl (C=O) groups is 1. The minimum Gasteiger partial charge on any atom is -0.465 e. The van der Waals surface area contributed by atoms with E-state index in [0.717, 1.165) is 12.4 Å². The number of esters is 1. The number of nitrogens with one attached hydrogen (secondary N) is 1. The molecule has 2 rings (SSSR count). The summed E-state index contributed by atoms with van der Waals surface area (Å²) in [5.74, 6) is 0.402. The van der Waals surface area contributed by atoms with Gasteiger partial charge in [-0.25, -0.2) is 9.78 Å². The quantitative estimate of drug-likeness (QED) is 0.789.